The maximum atomic E-state index is 11.2. The summed E-state index contributed by atoms with van der Waals surface area (Å²) < 4.78 is 0. The number of rotatable bonds is 5. The summed E-state index contributed by atoms with van der Waals surface area (Å²) in [5, 5.41) is 22.4. The average molecular weight is 280 g/mol. The van der Waals surface area contributed by atoms with Gasteiger partial charge in [-0.05, 0) is 17.9 Å². The molecule has 19 heavy (non-hydrogen) atoms. The fourth-order valence-corrected chi connectivity index (χ4v) is 1.82. The van der Waals surface area contributed by atoms with Gasteiger partial charge < -0.3 is 19.8 Å². The first-order valence-corrected chi connectivity index (χ1v) is 5.38. The predicted octanol–water partition coefficient (Wildman–Crippen LogP) is -6.62. The Morgan fingerprint density at radius 2 is 1.53 bits per heavy atom. The fraction of sp³-hybridized carbons (Fsp3) is 0.385. The largest absolute Gasteiger partial charge is 1.00 e. The van der Waals surface area contributed by atoms with Crippen LogP contribution in [0.3, 0.4) is 0 Å². The number of carbonyl (C=O) groups excluding carboxylic acids is 2. The van der Waals surface area contributed by atoms with Gasteiger partial charge >= 0.3 is 70.2 Å². The van der Waals surface area contributed by atoms with Gasteiger partial charge in [0.1, 0.15) is 0 Å². The molecule has 0 radical (unpaired) electrons. The summed E-state index contributed by atoms with van der Waals surface area (Å²) in [4.78, 5) is 22.4. The first-order chi connectivity index (χ1) is 7.91. The number of aliphatic carboxylic acids is 2. The second kappa shape index (κ2) is 9.35. The van der Waals surface area contributed by atoms with E-state index in [1.807, 2.05) is 0 Å². The Morgan fingerprint density at radius 3 is 1.84 bits per heavy atom. The number of carbonyl (C=O) groups is 2. The molecule has 0 aliphatic heterocycles. The molecule has 6 heteroatoms. The Bertz CT molecular complexity index is 406. The van der Waals surface area contributed by atoms with Crippen molar-refractivity contribution in [2.24, 2.45) is 11.3 Å². The van der Waals surface area contributed by atoms with Crippen molar-refractivity contribution < 1.29 is 90.0 Å². The topological polar surface area (TPSA) is 80.3 Å². The van der Waals surface area contributed by atoms with Gasteiger partial charge in [-0.3, -0.25) is 0 Å². The quantitative estimate of drug-likeness (QED) is 0.397. The van der Waals surface area contributed by atoms with Crippen molar-refractivity contribution in [3.05, 3.63) is 35.9 Å². The molecule has 0 bridgehead atoms. The zero-order valence-corrected chi connectivity index (χ0v) is 14.9. The molecule has 0 amide bonds. The van der Waals surface area contributed by atoms with Crippen LogP contribution in [-0.2, 0) is 16.0 Å². The van der Waals surface area contributed by atoms with Gasteiger partial charge in [0.2, 0.25) is 0 Å². The molecular weight excluding hydrogens is 266 g/mol. The molecule has 0 aliphatic carbocycles. The molecular formula is C13H14KLiO4. The van der Waals surface area contributed by atoms with Crippen LogP contribution in [0.25, 0.3) is 0 Å². The molecule has 1 aromatic carbocycles. The van der Waals surface area contributed by atoms with E-state index in [1.54, 1.807) is 30.3 Å². The van der Waals surface area contributed by atoms with Crippen molar-refractivity contribution in [1.82, 2.24) is 0 Å². The molecule has 0 N–H and O–H groups in total. The van der Waals surface area contributed by atoms with Crippen LogP contribution in [0.15, 0.2) is 30.3 Å². The Kier molecular flexibility index (Phi) is 10.7. The summed E-state index contributed by atoms with van der Waals surface area (Å²) in [5.74, 6) is -3.81. The Morgan fingerprint density at radius 1 is 1.11 bits per heavy atom. The van der Waals surface area contributed by atoms with Crippen LogP contribution in [-0.4, -0.2) is 11.9 Å². The Labute approximate surface area is 167 Å². The maximum Gasteiger partial charge on any atom is 1.00 e. The molecule has 92 valence electrons. The molecule has 1 aromatic rings. The number of hydrogen-bond donors (Lipinski definition) is 0. The summed E-state index contributed by atoms with van der Waals surface area (Å²) in [7, 11) is 0. The van der Waals surface area contributed by atoms with Crippen LogP contribution in [0.1, 0.15) is 19.4 Å². The normalized spacial score (nSPS) is 10.3. The van der Waals surface area contributed by atoms with Crippen LogP contribution >= 0.6 is 0 Å². The fourth-order valence-electron chi connectivity index (χ4n) is 1.82. The SMILES string of the molecule is CC(C)C(Cc1ccccc1)(C(=O)[O-])C(=O)[O-].[K+].[Li+]. The molecule has 0 aliphatic rings. The van der Waals surface area contributed by atoms with Gasteiger partial charge in [0.15, 0.2) is 0 Å². The average Bonchev–Trinajstić information content (AvgIpc) is 2.25. The van der Waals surface area contributed by atoms with Crippen molar-refractivity contribution in [2.45, 2.75) is 20.3 Å². The first kappa shape index (κ1) is 21.7. The van der Waals surface area contributed by atoms with E-state index in [0.717, 1.165) is 0 Å². The summed E-state index contributed by atoms with van der Waals surface area (Å²) in [5.41, 5.74) is -1.35. The molecule has 0 spiro atoms. The monoisotopic (exact) mass is 280 g/mol. The summed E-state index contributed by atoms with van der Waals surface area (Å²) >= 11 is 0. The molecule has 0 heterocycles. The van der Waals surface area contributed by atoms with Gasteiger partial charge in [-0.2, -0.15) is 0 Å². The van der Waals surface area contributed by atoms with Gasteiger partial charge in [0, 0.05) is 0 Å². The van der Waals surface area contributed by atoms with Crippen LogP contribution in [0.4, 0.5) is 0 Å². The second-order valence-corrected chi connectivity index (χ2v) is 4.36. The third kappa shape index (κ3) is 5.02. The standard InChI is InChI=1S/C13H16O4.K.Li/c1-9(2)13(11(14)15,12(16)17)8-10-6-4-3-5-7-10;;/h3-7,9H,8H2,1-2H3,(H,14,15)(H,16,17);;/q;2*+1/p-2. The Hall–Kier alpha value is 0.394. The van der Waals surface area contributed by atoms with Crippen molar-refractivity contribution in [3.8, 4) is 0 Å². The van der Waals surface area contributed by atoms with E-state index in [2.05, 4.69) is 0 Å². The smallest absolute Gasteiger partial charge is 0.549 e. The van der Waals surface area contributed by atoms with Crippen molar-refractivity contribution in [3.63, 3.8) is 0 Å². The third-order valence-corrected chi connectivity index (χ3v) is 3.04. The van der Waals surface area contributed by atoms with Crippen molar-refractivity contribution in [1.29, 1.82) is 0 Å². The van der Waals surface area contributed by atoms with E-state index in [-0.39, 0.29) is 76.7 Å². The Balaban J connectivity index is 0. The van der Waals surface area contributed by atoms with Gasteiger partial charge in [-0.25, -0.2) is 0 Å². The number of carboxylic acids is 2. The number of carboxylic acid groups (broad SMARTS) is 2. The molecule has 0 unspecified atom stereocenters. The van der Waals surface area contributed by atoms with E-state index < -0.39 is 23.3 Å². The molecule has 0 fully saturated rings. The molecule has 0 saturated carbocycles. The number of benzene rings is 1. The molecule has 1 rings (SSSR count). The zero-order chi connectivity index (χ0) is 13.1. The van der Waals surface area contributed by atoms with Gasteiger partial charge in [0.05, 0.1) is 17.4 Å². The van der Waals surface area contributed by atoms with E-state index in [4.69, 9.17) is 0 Å². The molecule has 0 saturated heterocycles. The van der Waals surface area contributed by atoms with Crippen LogP contribution in [0.5, 0.6) is 0 Å². The van der Waals surface area contributed by atoms with Gasteiger partial charge in [-0.15, -0.1) is 0 Å². The van der Waals surface area contributed by atoms with Crippen LogP contribution < -0.4 is 80.5 Å². The van der Waals surface area contributed by atoms with E-state index >= 15 is 0 Å². The van der Waals surface area contributed by atoms with Crippen molar-refractivity contribution in [2.75, 3.05) is 0 Å². The summed E-state index contributed by atoms with van der Waals surface area (Å²) in [6, 6.07) is 8.60. The van der Waals surface area contributed by atoms with E-state index in [1.165, 1.54) is 13.8 Å². The molecule has 4 nitrogen and oxygen atoms in total. The van der Waals surface area contributed by atoms with E-state index in [9.17, 15) is 19.8 Å². The summed E-state index contributed by atoms with van der Waals surface area (Å²) in [6.45, 7) is 3.07. The second-order valence-electron chi connectivity index (χ2n) is 4.36. The molecule has 0 aromatic heterocycles. The summed E-state index contributed by atoms with van der Waals surface area (Å²) in [6.07, 6.45) is -0.129. The zero-order valence-electron chi connectivity index (χ0n) is 11.8. The minimum Gasteiger partial charge on any atom is -0.549 e. The van der Waals surface area contributed by atoms with Crippen LogP contribution in [0.2, 0.25) is 0 Å². The third-order valence-electron chi connectivity index (χ3n) is 3.04. The maximum absolute atomic E-state index is 11.2. The van der Waals surface area contributed by atoms with Gasteiger partial charge in [-0.1, -0.05) is 44.2 Å². The van der Waals surface area contributed by atoms with Crippen LogP contribution in [0, 0.1) is 11.3 Å². The first-order valence-electron chi connectivity index (χ1n) is 5.38. The van der Waals surface area contributed by atoms with E-state index in [0.29, 0.717) is 5.56 Å². The number of hydrogen-bond acceptors (Lipinski definition) is 4. The van der Waals surface area contributed by atoms with Gasteiger partial charge in [0.25, 0.3) is 0 Å². The predicted molar refractivity (Wildman–Crippen MR) is 57.4 cm³/mol. The van der Waals surface area contributed by atoms with Crippen molar-refractivity contribution >= 4 is 11.9 Å². The molecule has 0 atom stereocenters. The minimum atomic E-state index is -1.98. The minimum absolute atomic E-state index is 0.